The minimum atomic E-state index is -3.22. The summed E-state index contributed by atoms with van der Waals surface area (Å²) in [5, 5.41) is 10.4. The van der Waals surface area contributed by atoms with Crippen LogP contribution in [0.4, 0.5) is 13.2 Å². The molecule has 134 valence electrons. The Morgan fingerprint density at radius 2 is 1.92 bits per heavy atom. The van der Waals surface area contributed by atoms with E-state index in [9.17, 15) is 27.9 Å². The Morgan fingerprint density at radius 3 is 2.58 bits per heavy atom. The highest BCUT2D eigenvalue weighted by atomic mass is 19.3. The molecule has 1 atom stereocenters. The van der Waals surface area contributed by atoms with Crippen molar-refractivity contribution >= 4 is 16.8 Å². The Labute approximate surface area is 145 Å². The van der Waals surface area contributed by atoms with Gasteiger partial charge in [0.15, 0.2) is 17.6 Å². The summed E-state index contributed by atoms with van der Waals surface area (Å²) in [7, 11) is 0. The van der Waals surface area contributed by atoms with Crippen molar-refractivity contribution < 1.29 is 23.1 Å². The number of halogens is 3. The molecule has 0 bridgehead atoms. The van der Waals surface area contributed by atoms with Crippen LogP contribution in [0, 0.1) is 0 Å². The van der Waals surface area contributed by atoms with E-state index >= 15 is 0 Å². The number of carbonyl (C=O) groups excluding carboxylic acids is 1. The maximum absolute atomic E-state index is 13.7. The number of aromatic hydroxyl groups is 1. The maximum Gasteiger partial charge on any atom is 0.273 e. The van der Waals surface area contributed by atoms with E-state index in [-0.39, 0.29) is 22.3 Å². The molecule has 0 aliphatic rings. The molecule has 0 fully saturated rings. The number of hydrogen-bond acceptors (Lipinski definition) is 4. The molecule has 1 unspecified atom stereocenters. The van der Waals surface area contributed by atoms with Crippen molar-refractivity contribution in [1.29, 1.82) is 0 Å². The van der Waals surface area contributed by atoms with Gasteiger partial charge >= 0.3 is 0 Å². The van der Waals surface area contributed by atoms with Gasteiger partial charge in [0.05, 0.1) is 11.1 Å². The summed E-state index contributed by atoms with van der Waals surface area (Å²) >= 11 is 0. The molecule has 0 aliphatic heterocycles. The van der Waals surface area contributed by atoms with Crippen molar-refractivity contribution in [2.45, 2.75) is 19.5 Å². The highest BCUT2D eigenvalue weighted by Crippen LogP contribution is 2.29. The maximum atomic E-state index is 13.7. The van der Waals surface area contributed by atoms with E-state index in [0.717, 1.165) is 17.6 Å². The normalized spacial score (nSPS) is 12.5. The molecular formula is C18H13F3N2O3. The smallest absolute Gasteiger partial charge is 0.273 e. The first-order valence-corrected chi connectivity index (χ1v) is 7.59. The molecule has 1 N–H and O–H groups in total. The van der Waals surface area contributed by atoms with Gasteiger partial charge in [-0.1, -0.05) is 12.1 Å². The van der Waals surface area contributed by atoms with E-state index in [1.807, 2.05) is 0 Å². The number of Topliss-reactive ketones (excluding diaryl/α,β-unsaturated/α-hetero) is 1. The number of benzene rings is 1. The Balaban J connectivity index is 2.38. The second-order valence-corrected chi connectivity index (χ2v) is 5.63. The monoisotopic (exact) mass is 362 g/mol. The second-order valence-electron chi connectivity index (χ2n) is 5.63. The molecule has 0 aliphatic carbocycles. The van der Waals surface area contributed by atoms with Gasteiger partial charge in [0, 0.05) is 6.20 Å². The molecule has 0 radical (unpaired) electrons. The first kappa shape index (κ1) is 17.7. The van der Waals surface area contributed by atoms with Gasteiger partial charge in [0.25, 0.3) is 12.0 Å². The molecule has 5 nitrogen and oxygen atoms in total. The molecular weight excluding hydrogens is 349 g/mol. The number of alkyl halides is 3. The fourth-order valence-corrected chi connectivity index (χ4v) is 2.74. The standard InChI is InChI=1S/C18H13F3N2O3/c1-9(24)13-15(25)12-6-3-7-22-17(12)23(18(13)26)11-5-2-4-10(8-11)14(19)16(20)21/h2-8,14,16,25H,1H3. The molecule has 3 rings (SSSR count). The van der Waals surface area contributed by atoms with Crippen LogP contribution in [0.1, 0.15) is 29.0 Å². The molecule has 0 spiro atoms. The Morgan fingerprint density at radius 1 is 1.19 bits per heavy atom. The topological polar surface area (TPSA) is 72.2 Å². The van der Waals surface area contributed by atoms with E-state index in [1.54, 1.807) is 0 Å². The van der Waals surface area contributed by atoms with Gasteiger partial charge in [0.2, 0.25) is 0 Å². The van der Waals surface area contributed by atoms with E-state index < -0.39 is 35.3 Å². The number of fused-ring (bicyclic) bond motifs is 1. The van der Waals surface area contributed by atoms with E-state index in [1.165, 1.54) is 36.5 Å². The van der Waals surface area contributed by atoms with Crippen LogP contribution in [0.5, 0.6) is 5.75 Å². The molecule has 0 amide bonds. The molecule has 2 heterocycles. The third-order valence-corrected chi connectivity index (χ3v) is 3.93. The number of hydrogen-bond donors (Lipinski definition) is 1. The lowest BCUT2D eigenvalue weighted by atomic mass is 10.1. The zero-order valence-electron chi connectivity index (χ0n) is 13.5. The molecule has 0 saturated carbocycles. The van der Waals surface area contributed by atoms with E-state index in [0.29, 0.717) is 0 Å². The SMILES string of the molecule is CC(=O)c1c(O)c2cccnc2n(-c2cccc(C(F)C(F)F)c2)c1=O. The van der Waals surface area contributed by atoms with Gasteiger partial charge in [-0.2, -0.15) is 0 Å². The second kappa shape index (κ2) is 6.62. The van der Waals surface area contributed by atoms with Crippen molar-refractivity contribution in [2.75, 3.05) is 0 Å². The lowest BCUT2D eigenvalue weighted by Gasteiger charge is -2.15. The summed E-state index contributed by atoms with van der Waals surface area (Å²) in [5.41, 5.74) is -1.56. The Kier molecular flexibility index (Phi) is 4.50. The average Bonchev–Trinajstić information content (AvgIpc) is 2.61. The fraction of sp³-hybridized carbons (Fsp3) is 0.167. The molecule has 26 heavy (non-hydrogen) atoms. The highest BCUT2D eigenvalue weighted by molar-refractivity contribution is 6.01. The van der Waals surface area contributed by atoms with Gasteiger partial charge in [-0.15, -0.1) is 0 Å². The van der Waals surface area contributed by atoms with Crippen LogP contribution in [0.3, 0.4) is 0 Å². The summed E-state index contributed by atoms with van der Waals surface area (Å²) in [6.07, 6.45) is -4.37. The number of ketones is 1. The van der Waals surface area contributed by atoms with Crippen LogP contribution in [0.15, 0.2) is 47.4 Å². The van der Waals surface area contributed by atoms with E-state index in [4.69, 9.17) is 0 Å². The van der Waals surface area contributed by atoms with Gasteiger partial charge in [-0.25, -0.2) is 18.2 Å². The number of rotatable bonds is 4. The zero-order chi connectivity index (χ0) is 19.0. The quantitative estimate of drug-likeness (QED) is 0.720. The Bertz CT molecular complexity index is 1060. The number of pyridine rings is 2. The number of carbonyl (C=O) groups is 1. The average molecular weight is 362 g/mol. The summed E-state index contributed by atoms with van der Waals surface area (Å²) in [6.45, 7) is 1.12. The Hall–Kier alpha value is -3.16. The fourth-order valence-electron chi connectivity index (χ4n) is 2.74. The summed E-state index contributed by atoms with van der Waals surface area (Å²) < 4.78 is 40.0. The largest absolute Gasteiger partial charge is 0.506 e. The third kappa shape index (κ3) is 2.83. The van der Waals surface area contributed by atoms with Crippen LogP contribution in [0.25, 0.3) is 16.7 Å². The van der Waals surface area contributed by atoms with Crippen LogP contribution in [-0.2, 0) is 0 Å². The van der Waals surface area contributed by atoms with Gasteiger partial charge in [0.1, 0.15) is 11.3 Å². The van der Waals surface area contributed by atoms with Gasteiger partial charge in [-0.05, 0) is 36.8 Å². The minimum Gasteiger partial charge on any atom is -0.506 e. The first-order valence-electron chi connectivity index (χ1n) is 7.59. The van der Waals surface area contributed by atoms with Crippen molar-refractivity contribution in [1.82, 2.24) is 9.55 Å². The molecule has 3 aromatic rings. The molecule has 1 aromatic carbocycles. The lowest BCUT2D eigenvalue weighted by molar-refractivity contribution is 0.0496. The van der Waals surface area contributed by atoms with Crippen molar-refractivity contribution in [3.63, 3.8) is 0 Å². The van der Waals surface area contributed by atoms with Crippen molar-refractivity contribution in [3.05, 3.63) is 64.1 Å². The number of aromatic nitrogens is 2. The van der Waals surface area contributed by atoms with Crippen LogP contribution < -0.4 is 5.56 Å². The lowest BCUT2D eigenvalue weighted by Crippen LogP contribution is -2.25. The zero-order valence-corrected chi connectivity index (χ0v) is 13.5. The summed E-state index contributed by atoms with van der Waals surface area (Å²) in [6, 6.07) is 7.95. The van der Waals surface area contributed by atoms with E-state index in [2.05, 4.69) is 4.98 Å². The third-order valence-electron chi connectivity index (χ3n) is 3.93. The molecule has 2 aromatic heterocycles. The molecule has 8 heteroatoms. The van der Waals surface area contributed by atoms with Crippen molar-refractivity contribution in [2.24, 2.45) is 0 Å². The van der Waals surface area contributed by atoms with Gasteiger partial charge in [-0.3, -0.25) is 14.2 Å². The minimum absolute atomic E-state index is 0.0182. The van der Waals surface area contributed by atoms with Crippen LogP contribution in [0.2, 0.25) is 0 Å². The van der Waals surface area contributed by atoms with Crippen molar-refractivity contribution in [3.8, 4) is 11.4 Å². The summed E-state index contributed by atoms with van der Waals surface area (Å²) in [4.78, 5) is 28.6. The van der Waals surface area contributed by atoms with Gasteiger partial charge < -0.3 is 5.11 Å². The number of nitrogens with zero attached hydrogens (tertiary/aromatic N) is 2. The summed E-state index contributed by atoms with van der Waals surface area (Å²) in [5.74, 6) is -1.17. The predicted molar refractivity (Wildman–Crippen MR) is 88.9 cm³/mol. The first-order chi connectivity index (χ1) is 12.3. The highest BCUT2D eigenvalue weighted by Gasteiger charge is 2.24. The van der Waals surface area contributed by atoms with Crippen LogP contribution in [-0.4, -0.2) is 26.9 Å². The molecule has 0 saturated heterocycles. The van der Waals surface area contributed by atoms with Crippen LogP contribution >= 0.6 is 0 Å². The predicted octanol–water partition coefficient (Wildman–Crippen LogP) is 3.57.